The number of nitrogen functional groups attached to an aromatic ring is 1. The zero-order valence-corrected chi connectivity index (χ0v) is 12.7. The van der Waals surface area contributed by atoms with Gasteiger partial charge in [0.25, 0.3) is 10.0 Å². The summed E-state index contributed by atoms with van der Waals surface area (Å²) in [7, 11) is -1.96. The molecule has 114 valence electrons. The quantitative estimate of drug-likeness (QED) is 0.516. The highest BCUT2D eigenvalue weighted by atomic mass is 32.2. The Bertz CT molecular complexity index is 725. The number of aryl methyl sites for hydroxylation is 2. The largest absolute Gasteiger partial charge is 0.321 e. The molecule has 21 heavy (non-hydrogen) atoms. The van der Waals surface area contributed by atoms with Crippen LogP contribution in [0.15, 0.2) is 29.6 Å². The number of nitrogens with two attached hydrogens (primary N) is 1. The summed E-state index contributed by atoms with van der Waals surface area (Å²) in [4.78, 5) is 3.87. The molecule has 8 nitrogen and oxygen atoms in total. The molecule has 0 saturated heterocycles. The Labute approximate surface area is 123 Å². The van der Waals surface area contributed by atoms with E-state index in [9.17, 15) is 8.42 Å². The van der Waals surface area contributed by atoms with E-state index < -0.39 is 10.0 Å². The van der Waals surface area contributed by atoms with Crippen LogP contribution in [0.1, 0.15) is 18.2 Å². The van der Waals surface area contributed by atoms with Gasteiger partial charge in [-0.05, 0) is 18.6 Å². The molecule has 4 N–H and O–H groups in total. The summed E-state index contributed by atoms with van der Waals surface area (Å²) in [6, 6.07) is 3.15. The Morgan fingerprint density at radius 1 is 1.43 bits per heavy atom. The lowest BCUT2D eigenvalue weighted by Gasteiger charge is -2.09. The van der Waals surface area contributed by atoms with Gasteiger partial charge in [0.2, 0.25) is 0 Å². The van der Waals surface area contributed by atoms with Crippen molar-refractivity contribution in [2.24, 2.45) is 12.9 Å². The molecule has 2 heterocycles. The van der Waals surface area contributed by atoms with Crippen LogP contribution in [0.2, 0.25) is 0 Å². The number of sulfonamides is 1. The molecule has 0 aromatic carbocycles. The standard InChI is InChI=1S/C12H18N6O2S/c1-3-10-9(8-18(2)17-10)7-15-21(19,20)12-11(16-13)5-4-6-14-12/h4-6,8,15-16H,3,7,13H2,1-2H3. The molecule has 0 unspecified atom stereocenters. The number of aromatic nitrogens is 3. The van der Waals surface area contributed by atoms with E-state index in [1.54, 1.807) is 30.1 Å². The first-order chi connectivity index (χ1) is 9.97. The molecule has 0 aliphatic heterocycles. The number of rotatable bonds is 6. The zero-order valence-electron chi connectivity index (χ0n) is 11.9. The van der Waals surface area contributed by atoms with Gasteiger partial charge in [-0.2, -0.15) is 5.10 Å². The molecular formula is C12H18N6O2S. The maximum Gasteiger partial charge on any atom is 0.260 e. The lowest BCUT2D eigenvalue weighted by Crippen LogP contribution is -2.26. The average molecular weight is 310 g/mol. The number of anilines is 1. The number of hydrogen-bond donors (Lipinski definition) is 3. The fraction of sp³-hybridized carbons (Fsp3) is 0.333. The van der Waals surface area contributed by atoms with Crippen LogP contribution in [0.5, 0.6) is 0 Å². The van der Waals surface area contributed by atoms with E-state index in [1.807, 2.05) is 6.92 Å². The van der Waals surface area contributed by atoms with Crippen LogP contribution in [-0.2, 0) is 30.0 Å². The van der Waals surface area contributed by atoms with Gasteiger partial charge in [0, 0.05) is 31.5 Å². The zero-order chi connectivity index (χ0) is 15.5. The van der Waals surface area contributed by atoms with Crippen molar-refractivity contribution in [1.82, 2.24) is 19.5 Å². The SMILES string of the molecule is CCc1nn(C)cc1CNS(=O)(=O)c1ncccc1NN. The van der Waals surface area contributed by atoms with Crippen molar-refractivity contribution < 1.29 is 8.42 Å². The van der Waals surface area contributed by atoms with Crippen molar-refractivity contribution >= 4 is 15.7 Å². The van der Waals surface area contributed by atoms with E-state index in [0.29, 0.717) is 0 Å². The topological polar surface area (TPSA) is 115 Å². The Hall–Kier alpha value is -1.97. The molecule has 0 radical (unpaired) electrons. The molecule has 0 fully saturated rings. The first kappa shape index (κ1) is 15.4. The Balaban J connectivity index is 2.22. The normalized spacial score (nSPS) is 11.6. The summed E-state index contributed by atoms with van der Waals surface area (Å²) >= 11 is 0. The summed E-state index contributed by atoms with van der Waals surface area (Å²) in [5.74, 6) is 5.31. The molecule has 2 rings (SSSR count). The van der Waals surface area contributed by atoms with Crippen molar-refractivity contribution in [3.63, 3.8) is 0 Å². The number of nitrogens with one attached hydrogen (secondary N) is 2. The van der Waals surface area contributed by atoms with Gasteiger partial charge >= 0.3 is 0 Å². The molecular weight excluding hydrogens is 292 g/mol. The molecule has 2 aromatic heterocycles. The fourth-order valence-corrected chi connectivity index (χ4v) is 3.08. The first-order valence-corrected chi connectivity index (χ1v) is 7.89. The highest BCUT2D eigenvalue weighted by Gasteiger charge is 2.20. The summed E-state index contributed by atoms with van der Waals surface area (Å²) in [5.41, 5.74) is 4.27. The van der Waals surface area contributed by atoms with Gasteiger partial charge in [-0.1, -0.05) is 6.92 Å². The minimum absolute atomic E-state index is 0.130. The first-order valence-electron chi connectivity index (χ1n) is 6.40. The molecule has 0 amide bonds. The van der Waals surface area contributed by atoms with E-state index in [1.165, 1.54) is 6.20 Å². The molecule has 0 bridgehead atoms. The third-order valence-corrected chi connectivity index (χ3v) is 4.32. The number of nitrogens with zero attached hydrogens (tertiary/aromatic N) is 3. The van der Waals surface area contributed by atoms with Crippen molar-refractivity contribution in [1.29, 1.82) is 0 Å². The smallest absolute Gasteiger partial charge is 0.260 e. The summed E-state index contributed by atoms with van der Waals surface area (Å²) in [6.45, 7) is 2.12. The molecule has 0 aliphatic carbocycles. The summed E-state index contributed by atoms with van der Waals surface area (Å²) < 4.78 is 28.8. The van der Waals surface area contributed by atoms with E-state index in [-0.39, 0.29) is 17.3 Å². The van der Waals surface area contributed by atoms with Crippen molar-refractivity contribution in [2.45, 2.75) is 24.9 Å². The Morgan fingerprint density at radius 3 is 2.86 bits per heavy atom. The lowest BCUT2D eigenvalue weighted by molar-refractivity contribution is 0.577. The van der Waals surface area contributed by atoms with Crippen molar-refractivity contribution in [3.05, 3.63) is 35.8 Å². The van der Waals surface area contributed by atoms with Crippen LogP contribution in [-0.4, -0.2) is 23.2 Å². The highest BCUT2D eigenvalue weighted by molar-refractivity contribution is 7.89. The van der Waals surface area contributed by atoms with Gasteiger partial charge in [0.1, 0.15) is 0 Å². The lowest BCUT2D eigenvalue weighted by atomic mass is 10.2. The van der Waals surface area contributed by atoms with Crippen molar-refractivity contribution in [3.8, 4) is 0 Å². The van der Waals surface area contributed by atoms with E-state index >= 15 is 0 Å². The third-order valence-electron chi connectivity index (χ3n) is 2.96. The molecule has 0 aliphatic rings. The van der Waals surface area contributed by atoms with Gasteiger partial charge < -0.3 is 5.43 Å². The Morgan fingerprint density at radius 2 is 2.19 bits per heavy atom. The predicted molar refractivity (Wildman–Crippen MR) is 78.7 cm³/mol. The molecule has 0 saturated carbocycles. The maximum atomic E-state index is 12.3. The van der Waals surface area contributed by atoms with E-state index in [0.717, 1.165) is 17.7 Å². The van der Waals surface area contributed by atoms with Crippen LogP contribution >= 0.6 is 0 Å². The highest BCUT2D eigenvalue weighted by Crippen LogP contribution is 2.17. The average Bonchev–Trinajstić information content (AvgIpc) is 2.85. The monoisotopic (exact) mass is 310 g/mol. The molecule has 0 atom stereocenters. The van der Waals surface area contributed by atoms with Crippen LogP contribution in [0, 0.1) is 0 Å². The van der Waals surface area contributed by atoms with E-state index in [4.69, 9.17) is 5.84 Å². The van der Waals surface area contributed by atoms with Crippen LogP contribution < -0.4 is 16.0 Å². The van der Waals surface area contributed by atoms with Crippen LogP contribution in [0.4, 0.5) is 5.69 Å². The van der Waals surface area contributed by atoms with Gasteiger partial charge in [-0.15, -0.1) is 0 Å². The Kier molecular flexibility index (Phi) is 4.56. The second-order valence-electron chi connectivity index (χ2n) is 4.45. The van der Waals surface area contributed by atoms with Gasteiger partial charge in [0.05, 0.1) is 11.4 Å². The van der Waals surface area contributed by atoms with Crippen LogP contribution in [0.25, 0.3) is 0 Å². The number of pyridine rings is 1. The molecule has 2 aromatic rings. The summed E-state index contributed by atoms with van der Waals surface area (Å²) in [5, 5.41) is 4.14. The van der Waals surface area contributed by atoms with Gasteiger partial charge in [-0.25, -0.2) is 18.1 Å². The van der Waals surface area contributed by atoms with Crippen LogP contribution in [0.3, 0.4) is 0 Å². The third kappa shape index (κ3) is 3.38. The minimum atomic E-state index is -3.76. The minimum Gasteiger partial charge on any atom is -0.321 e. The maximum absolute atomic E-state index is 12.3. The fourth-order valence-electron chi connectivity index (χ4n) is 1.98. The second-order valence-corrected chi connectivity index (χ2v) is 6.14. The number of hydrazine groups is 1. The number of hydrogen-bond acceptors (Lipinski definition) is 6. The second kappa shape index (κ2) is 6.20. The van der Waals surface area contributed by atoms with Gasteiger partial charge in [-0.3, -0.25) is 10.5 Å². The summed E-state index contributed by atoms with van der Waals surface area (Å²) in [6.07, 6.45) is 3.93. The van der Waals surface area contributed by atoms with Gasteiger partial charge in [0.15, 0.2) is 5.03 Å². The predicted octanol–water partition coefficient (Wildman–Crippen LogP) is 0.142. The van der Waals surface area contributed by atoms with E-state index in [2.05, 4.69) is 20.2 Å². The molecule has 9 heteroatoms. The van der Waals surface area contributed by atoms with Crippen molar-refractivity contribution in [2.75, 3.05) is 5.43 Å². The molecule has 0 spiro atoms.